The molecule has 1 aromatic heterocycles. The Kier molecular flexibility index (Phi) is 4.50. The zero-order valence-electron chi connectivity index (χ0n) is 12.5. The maximum absolute atomic E-state index is 12.4. The smallest absolute Gasteiger partial charge is 0.289 e. The molecule has 7 nitrogen and oxygen atoms in total. The summed E-state index contributed by atoms with van der Waals surface area (Å²) in [5.41, 5.74) is 5.59. The fourth-order valence-electron chi connectivity index (χ4n) is 2.89. The Bertz CT molecular complexity index is 542. The molecule has 1 heterocycles. The number of oxazole rings is 1. The summed E-state index contributed by atoms with van der Waals surface area (Å²) in [6.07, 6.45) is 5.31. The first-order valence-corrected chi connectivity index (χ1v) is 7.23. The van der Waals surface area contributed by atoms with Gasteiger partial charge in [-0.2, -0.15) is 0 Å². The molecule has 0 bridgehead atoms. The normalized spacial score (nSPS) is 19.0. The molecular weight excluding hydrogens is 272 g/mol. The first-order valence-electron chi connectivity index (χ1n) is 7.23. The molecule has 0 radical (unpaired) electrons. The van der Waals surface area contributed by atoms with E-state index in [0.717, 1.165) is 25.7 Å². The van der Waals surface area contributed by atoms with E-state index >= 15 is 0 Å². The lowest BCUT2D eigenvalue weighted by Gasteiger charge is -2.32. The second kappa shape index (κ2) is 6.15. The van der Waals surface area contributed by atoms with Gasteiger partial charge in [-0.3, -0.25) is 4.79 Å². The summed E-state index contributed by atoms with van der Waals surface area (Å²) in [6, 6.07) is 0. The Hall–Kier alpha value is -2.05. The fraction of sp³-hybridized carbons (Fsp3) is 0.643. The average Bonchev–Trinajstić information content (AvgIpc) is 2.66. The molecule has 116 valence electrons. The lowest BCUT2D eigenvalue weighted by molar-refractivity contribution is 0.0884. The van der Waals surface area contributed by atoms with E-state index in [1.165, 1.54) is 0 Å². The number of aryl methyl sites for hydroxylation is 2. The van der Waals surface area contributed by atoms with Crippen LogP contribution in [-0.4, -0.2) is 27.5 Å². The molecule has 1 saturated carbocycles. The first kappa shape index (κ1) is 15.3. The van der Waals surface area contributed by atoms with E-state index in [0.29, 0.717) is 24.4 Å². The summed E-state index contributed by atoms with van der Waals surface area (Å²) in [6.45, 7) is 3.41. The number of carbonyl (C=O) groups is 1. The SMILES string of the molecule is Cc1nc(C)c(C(=O)NC2(C(N)=NO)CCCCCC2)o1. The van der Waals surface area contributed by atoms with E-state index in [9.17, 15) is 4.79 Å². The van der Waals surface area contributed by atoms with E-state index in [1.807, 2.05) is 0 Å². The third-order valence-electron chi connectivity index (χ3n) is 4.02. The maximum Gasteiger partial charge on any atom is 0.289 e. The van der Waals surface area contributed by atoms with E-state index in [4.69, 9.17) is 15.4 Å². The van der Waals surface area contributed by atoms with Gasteiger partial charge in [-0.25, -0.2) is 4.98 Å². The number of hydrogen-bond donors (Lipinski definition) is 3. The van der Waals surface area contributed by atoms with Crippen molar-refractivity contribution in [2.75, 3.05) is 0 Å². The quantitative estimate of drug-likeness (QED) is 0.259. The summed E-state index contributed by atoms with van der Waals surface area (Å²) in [5.74, 6) is 0.298. The predicted octanol–water partition coefficient (Wildman–Crippen LogP) is 1.86. The molecule has 1 amide bonds. The van der Waals surface area contributed by atoms with Crippen molar-refractivity contribution in [3.8, 4) is 0 Å². The summed E-state index contributed by atoms with van der Waals surface area (Å²) in [4.78, 5) is 16.5. The molecule has 0 aliphatic heterocycles. The van der Waals surface area contributed by atoms with Gasteiger partial charge in [0.1, 0.15) is 5.54 Å². The van der Waals surface area contributed by atoms with Crippen LogP contribution in [0.15, 0.2) is 9.57 Å². The van der Waals surface area contributed by atoms with Crippen molar-refractivity contribution >= 4 is 11.7 Å². The third kappa shape index (κ3) is 3.17. The predicted molar refractivity (Wildman–Crippen MR) is 77.3 cm³/mol. The Balaban J connectivity index is 2.26. The molecule has 1 fully saturated rings. The highest BCUT2D eigenvalue weighted by Crippen LogP contribution is 2.28. The van der Waals surface area contributed by atoms with Crippen molar-refractivity contribution in [3.05, 3.63) is 17.3 Å². The van der Waals surface area contributed by atoms with E-state index in [2.05, 4.69) is 15.5 Å². The molecule has 0 unspecified atom stereocenters. The molecule has 1 aliphatic rings. The van der Waals surface area contributed by atoms with Gasteiger partial charge in [-0.15, -0.1) is 0 Å². The highest BCUT2D eigenvalue weighted by atomic mass is 16.4. The van der Waals surface area contributed by atoms with Gasteiger partial charge in [0.2, 0.25) is 5.76 Å². The number of carbonyl (C=O) groups excluding carboxylic acids is 1. The number of amidine groups is 1. The topological polar surface area (TPSA) is 114 Å². The molecule has 0 aromatic carbocycles. The van der Waals surface area contributed by atoms with Crippen LogP contribution >= 0.6 is 0 Å². The summed E-state index contributed by atoms with van der Waals surface area (Å²) in [5, 5.41) is 15.1. The van der Waals surface area contributed by atoms with Crippen molar-refractivity contribution in [2.45, 2.75) is 57.9 Å². The van der Waals surface area contributed by atoms with Gasteiger partial charge in [0, 0.05) is 6.92 Å². The first-order chi connectivity index (χ1) is 9.98. The highest BCUT2D eigenvalue weighted by molar-refractivity contribution is 5.99. The van der Waals surface area contributed by atoms with Gasteiger partial charge in [0.05, 0.1) is 5.69 Å². The second-order valence-electron chi connectivity index (χ2n) is 5.58. The molecule has 0 spiro atoms. The summed E-state index contributed by atoms with van der Waals surface area (Å²) >= 11 is 0. The summed E-state index contributed by atoms with van der Waals surface area (Å²) < 4.78 is 5.34. The number of oxime groups is 1. The zero-order chi connectivity index (χ0) is 15.5. The van der Waals surface area contributed by atoms with Gasteiger partial charge < -0.3 is 20.7 Å². The minimum Gasteiger partial charge on any atom is -0.436 e. The number of nitrogens with one attached hydrogen (secondary N) is 1. The monoisotopic (exact) mass is 294 g/mol. The van der Waals surface area contributed by atoms with Crippen LogP contribution in [-0.2, 0) is 0 Å². The van der Waals surface area contributed by atoms with Gasteiger partial charge in [0.15, 0.2) is 11.7 Å². The largest absolute Gasteiger partial charge is 0.436 e. The van der Waals surface area contributed by atoms with Crippen LogP contribution in [0.4, 0.5) is 0 Å². The molecule has 2 rings (SSSR count). The van der Waals surface area contributed by atoms with E-state index in [1.54, 1.807) is 13.8 Å². The van der Waals surface area contributed by atoms with Crippen LogP contribution < -0.4 is 11.1 Å². The van der Waals surface area contributed by atoms with Gasteiger partial charge in [-0.1, -0.05) is 30.8 Å². The lowest BCUT2D eigenvalue weighted by atomic mass is 9.88. The van der Waals surface area contributed by atoms with E-state index < -0.39 is 5.54 Å². The van der Waals surface area contributed by atoms with Gasteiger partial charge in [-0.05, 0) is 19.8 Å². The minimum absolute atomic E-state index is 0.0478. The van der Waals surface area contributed by atoms with Crippen LogP contribution in [0.1, 0.15) is 60.7 Å². The number of nitrogens with two attached hydrogens (primary N) is 1. The molecule has 1 aliphatic carbocycles. The van der Waals surface area contributed by atoms with Crippen molar-refractivity contribution < 1.29 is 14.4 Å². The lowest BCUT2D eigenvalue weighted by Crippen LogP contribution is -2.57. The Labute approximate surface area is 123 Å². The molecule has 21 heavy (non-hydrogen) atoms. The Morgan fingerprint density at radius 1 is 1.33 bits per heavy atom. The van der Waals surface area contributed by atoms with E-state index in [-0.39, 0.29) is 17.5 Å². The minimum atomic E-state index is -0.810. The van der Waals surface area contributed by atoms with Gasteiger partial charge >= 0.3 is 0 Å². The van der Waals surface area contributed by atoms with Crippen molar-refractivity contribution in [1.29, 1.82) is 0 Å². The third-order valence-corrected chi connectivity index (χ3v) is 4.02. The molecule has 4 N–H and O–H groups in total. The molecular formula is C14H22N4O3. The number of hydrogen-bond acceptors (Lipinski definition) is 5. The second-order valence-corrected chi connectivity index (χ2v) is 5.58. The number of amides is 1. The van der Waals surface area contributed by atoms with Crippen LogP contribution in [0.3, 0.4) is 0 Å². The maximum atomic E-state index is 12.4. The molecule has 1 aromatic rings. The standard InChI is InChI=1S/C14H22N4O3/c1-9-11(21-10(2)16-9)12(19)17-14(13(15)18-20)7-5-3-4-6-8-14/h20H,3-8H2,1-2H3,(H2,15,18)(H,17,19). The molecule has 0 atom stereocenters. The number of aromatic nitrogens is 1. The van der Waals surface area contributed by atoms with Crippen molar-refractivity contribution in [2.24, 2.45) is 10.9 Å². The van der Waals surface area contributed by atoms with Crippen LogP contribution in [0.5, 0.6) is 0 Å². The number of rotatable bonds is 3. The van der Waals surface area contributed by atoms with Gasteiger partial charge in [0.25, 0.3) is 5.91 Å². The number of nitrogens with zero attached hydrogens (tertiary/aromatic N) is 2. The molecule has 0 saturated heterocycles. The average molecular weight is 294 g/mol. The van der Waals surface area contributed by atoms with Crippen LogP contribution in [0.2, 0.25) is 0 Å². The van der Waals surface area contributed by atoms with Crippen LogP contribution in [0, 0.1) is 13.8 Å². The van der Waals surface area contributed by atoms with Crippen molar-refractivity contribution in [1.82, 2.24) is 10.3 Å². The molecule has 7 heteroatoms. The highest BCUT2D eigenvalue weighted by Gasteiger charge is 2.38. The Morgan fingerprint density at radius 2 is 1.95 bits per heavy atom. The summed E-state index contributed by atoms with van der Waals surface area (Å²) in [7, 11) is 0. The van der Waals surface area contributed by atoms with Crippen molar-refractivity contribution in [3.63, 3.8) is 0 Å². The fourth-order valence-corrected chi connectivity index (χ4v) is 2.89. The van der Waals surface area contributed by atoms with Crippen LogP contribution in [0.25, 0.3) is 0 Å². The zero-order valence-corrected chi connectivity index (χ0v) is 12.5. The Morgan fingerprint density at radius 3 is 2.43 bits per heavy atom.